The van der Waals surface area contributed by atoms with E-state index in [1.807, 2.05) is 5.32 Å². The van der Waals surface area contributed by atoms with Crippen LogP contribution in [-0.4, -0.2) is 109 Å². The number of ether oxygens (including phenoxy) is 2. The van der Waals surface area contributed by atoms with Crippen molar-refractivity contribution >= 4 is 24.3 Å². The van der Waals surface area contributed by atoms with Crippen LogP contribution >= 0.6 is 0 Å². The van der Waals surface area contributed by atoms with Crippen LogP contribution in [0.25, 0.3) is 0 Å². The van der Waals surface area contributed by atoms with Crippen molar-refractivity contribution in [2.45, 2.75) is 48.8 Å². The van der Waals surface area contributed by atoms with Crippen molar-refractivity contribution in [3.63, 3.8) is 0 Å². The third-order valence-corrected chi connectivity index (χ3v) is 4.79. The molecule has 0 saturated carbocycles. The van der Waals surface area contributed by atoms with Gasteiger partial charge in [-0.05, 0) is 0 Å². The summed E-state index contributed by atoms with van der Waals surface area (Å²) in [6.45, 7) is -0.813. The maximum Gasteiger partial charge on any atom is 0.404 e. The number of aliphatic carboxylic acids is 1. The number of carbonyl (C=O) groups excluding carboxylic acids is 3. The second-order valence-electron chi connectivity index (χ2n) is 7.05. The number of nitrogens with one attached hydrogen (secondary N) is 2. The monoisotopic (exact) mass is 477 g/mol. The fourth-order valence-electron chi connectivity index (χ4n) is 3.06. The highest BCUT2D eigenvalue weighted by atomic mass is 16.6. The number of hydrogen-bond donors (Lipinski definition) is 9. The molecule has 8 atom stereocenters. The third-order valence-electron chi connectivity index (χ3n) is 4.79. The standard InChI is InChI=1S/C16H23N5O12/c17-6(8(24)5(23)3-32-15(18)30)12(27)20-7(14(28)29)11-9(25)10(26)13(33-11)21-1-4(2-22)19-16(21)31/h1-2,5-11,13,23-26H,3,17H2,(H2,18,30)(H,19,31)(H,20,27)(H,28,29)/t5?,6?,7?,8?,9-,10+,11+,13+/m0/s1. The van der Waals surface area contributed by atoms with Gasteiger partial charge in [0.25, 0.3) is 0 Å². The van der Waals surface area contributed by atoms with Crippen molar-refractivity contribution in [1.29, 1.82) is 0 Å². The number of carboxylic acid groups (broad SMARTS) is 1. The Labute approximate surface area is 183 Å². The van der Waals surface area contributed by atoms with Gasteiger partial charge in [-0.25, -0.2) is 14.4 Å². The molecule has 1 aromatic rings. The molecule has 17 heteroatoms. The molecular weight excluding hydrogens is 454 g/mol. The molecule has 1 fully saturated rings. The first kappa shape index (κ1) is 25.9. The van der Waals surface area contributed by atoms with Gasteiger partial charge < -0.3 is 56.8 Å². The zero-order chi connectivity index (χ0) is 25.0. The van der Waals surface area contributed by atoms with Crippen LogP contribution < -0.4 is 22.5 Å². The van der Waals surface area contributed by atoms with Crippen LogP contribution in [0.15, 0.2) is 11.0 Å². The molecule has 17 nitrogen and oxygen atoms in total. The molecule has 1 saturated heterocycles. The number of carbonyl (C=O) groups is 4. The lowest BCUT2D eigenvalue weighted by atomic mass is 10.0. The van der Waals surface area contributed by atoms with Crippen molar-refractivity contribution in [2.24, 2.45) is 11.5 Å². The van der Waals surface area contributed by atoms with Gasteiger partial charge in [0.15, 0.2) is 18.6 Å². The molecule has 2 amide bonds. The van der Waals surface area contributed by atoms with E-state index in [1.54, 1.807) is 0 Å². The van der Waals surface area contributed by atoms with Gasteiger partial charge in [0.1, 0.15) is 43.2 Å². The highest BCUT2D eigenvalue weighted by Gasteiger charge is 2.50. The minimum Gasteiger partial charge on any atom is -0.480 e. The lowest BCUT2D eigenvalue weighted by Crippen LogP contribution is -2.60. The smallest absolute Gasteiger partial charge is 0.404 e. The lowest BCUT2D eigenvalue weighted by Gasteiger charge is -2.27. The van der Waals surface area contributed by atoms with Gasteiger partial charge in [-0.2, -0.15) is 0 Å². The van der Waals surface area contributed by atoms with Crippen LogP contribution in [0.5, 0.6) is 0 Å². The molecule has 4 unspecified atom stereocenters. The molecule has 1 aliphatic rings. The van der Waals surface area contributed by atoms with Crippen molar-refractivity contribution in [1.82, 2.24) is 14.9 Å². The molecule has 0 spiro atoms. The van der Waals surface area contributed by atoms with E-state index in [1.165, 1.54) is 0 Å². The van der Waals surface area contributed by atoms with Crippen molar-refractivity contribution in [3.8, 4) is 0 Å². The van der Waals surface area contributed by atoms with Gasteiger partial charge in [-0.1, -0.05) is 0 Å². The number of aromatic nitrogens is 2. The fourth-order valence-corrected chi connectivity index (χ4v) is 3.06. The normalized spacial score (nSPS) is 26.1. The minimum atomic E-state index is -2.04. The molecule has 2 heterocycles. The molecule has 0 aromatic carbocycles. The number of nitrogens with two attached hydrogens (primary N) is 2. The summed E-state index contributed by atoms with van der Waals surface area (Å²) < 4.78 is 10.3. The largest absolute Gasteiger partial charge is 0.480 e. The van der Waals surface area contributed by atoms with Gasteiger partial charge in [0, 0.05) is 6.20 Å². The Bertz CT molecular complexity index is 947. The second kappa shape index (κ2) is 10.5. The van der Waals surface area contributed by atoms with E-state index in [-0.39, 0.29) is 5.69 Å². The van der Waals surface area contributed by atoms with Gasteiger partial charge in [0.2, 0.25) is 5.91 Å². The third kappa shape index (κ3) is 5.72. The van der Waals surface area contributed by atoms with Crippen LogP contribution in [0.3, 0.4) is 0 Å². The summed E-state index contributed by atoms with van der Waals surface area (Å²) in [6.07, 6.45) is -11.1. The Morgan fingerprint density at radius 1 is 1.30 bits per heavy atom. The highest BCUT2D eigenvalue weighted by molar-refractivity contribution is 5.87. The van der Waals surface area contributed by atoms with Crippen LogP contribution in [0.4, 0.5) is 4.79 Å². The summed E-state index contributed by atoms with van der Waals surface area (Å²) in [5.74, 6) is -3.06. The summed E-state index contributed by atoms with van der Waals surface area (Å²) in [6, 6.07) is -3.97. The van der Waals surface area contributed by atoms with E-state index >= 15 is 0 Å². The van der Waals surface area contributed by atoms with Crippen LogP contribution in [0.2, 0.25) is 0 Å². The summed E-state index contributed by atoms with van der Waals surface area (Å²) in [5, 5.41) is 51.5. The molecule has 1 aromatic heterocycles. The van der Waals surface area contributed by atoms with Crippen molar-refractivity contribution in [3.05, 3.63) is 22.4 Å². The summed E-state index contributed by atoms with van der Waals surface area (Å²) in [4.78, 5) is 59.5. The van der Waals surface area contributed by atoms with E-state index in [2.05, 4.69) is 9.72 Å². The first-order valence-corrected chi connectivity index (χ1v) is 9.24. The predicted octanol–water partition coefficient (Wildman–Crippen LogP) is -5.68. The molecule has 2 rings (SSSR count). The quantitative estimate of drug-likeness (QED) is 0.142. The molecule has 0 bridgehead atoms. The van der Waals surface area contributed by atoms with E-state index in [0.29, 0.717) is 10.9 Å². The van der Waals surface area contributed by atoms with E-state index < -0.39 is 79.1 Å². The number of nitrogens with zero attached hydrogens (tertiary/aromatic N) is 1. The van der Waals surface area contributed by atoms with E-state index in [4.69, 9.17) is 16.2 Å². The van der Waals surface area contributed by atoms with Crippen molar-refractivity contribution < 1.29 is 54.2 Å². The average molecular weight is 477 g/mol. The number of hydrogen-bond acceptors (Lipinski definition) is 12. The topological polar surface area (TPSA) is 290 Å². The number of H-pyrrole nitrogens is 1. The SMILES string of the molecule is NC(=O)OCC(O)C(O)C(N)C(=O)NC(C(=O)O)[C@H]1O[C@@H](n2cc(C=O)[nH]c2=O)[C@H](O)[C@@H]1O. The zero-order valence-corrected chi connectivity index (χ0v) is 16.7. The first-order valence-electron chi connectivity index (χ1n) is 9.24. The Morgan fingerprint density at radius 3 is 2.45 bits per heavy atom. The van der Waals surface area contributed by atoms with Crippen LogP contribution in [0, 0.1) is 0 Å². The first-order chi connectivity index (χ1) is 15.4. The Hall–Kier alpha value is -3.35. The van der Waals surface area contributed by atoms with Gasteiger partial charge >= 0.3 is 17.8 Å². The maximum atomic E-state index is 12.3. The molecule has 11 N–H and O–H groups in total. The summed E-state index contributed by atoms with van der Waals surface area (Å²) >= 11 is 0. The fraction of sp³-hybridized carbons (Fsp3) is 0.562. The molecular formula is C16H23N5O12. The summed E-state index contributed by atoms with van der Waals surface area (Å²) in [7, 11) is 0. The van der Waals surface area contributed by atoms with Gasteiger partial charge in [-0.15, -0.1) is 0 Å². The zero-order valence-electron chi connectivity index (χ0n) is 16.7. The lowest BCUT2D eigenvalue weighted by molar-refractivity contribution is -0.150. The number of primary amides is 1. The Balaban J connectivity index is 2.15. The van der Waals surface area contributed by atoms with Gasteiger partial charge in [-0.3, -0.25) is 14.2 Å². The number of imidazole rings is 1. The minimum absolute atomic E-state index is 0.185. The second-order valence-corrected chi connectivity index (χ2v) is 7.05. The number of aliphatic hydroxyl groups is 4. The molecule has 0 aliphatic carbocycles. The number of carboxylic acids is 1. The van der Waals surface area contributed by atoms with E-state index in [0.717, 1.165) is 6.20 Å². The van der Waals surface area contributed by atoms with Crippen LogP contribution in [-0.2, 0) is 19.1 Å². The average Bonchev–Trinajstić information content (AvgIpc) is 3.27. The number of amides is 2. The molecule has 184 valence electrons. The van der Waals surface area contributed by atoms with Crippen LogP contribution in [0.1, 0.15) is 16.7 Å². The number of aliphatic hydroxyl groups excluding tert-OH is 4. The molecule has 0 radical (unpaired) electrons. The Morgan fingerprint density at radius 2 is 1.94 bits per heavy atom. The maximum absolute atomic E-state index is 12.3. The van der Waals surface area contributed by atoms with E-state index in [9.17, 15) is 49.5 Å². The van der Waals surface area contributed by atoms with Gasteiger partial charge in [0.05, 0.1) is 5.69 Å². The Kier molecular flexibility index (Phi) is 8.25. The number of aromatic amines is 1. The number of aldehydes is 1. The summed E-state index contributed by atoms with van der Waals surface area (Å²) in [5.41, 5.74) is 9.14. The predicted molar refractivity (Wildman–Crippen MR) is 101 cm³/mol. The molecule has 1 aliphatic heterocycles. The van der Waals surface area contributed by atoms with Crippen molar-refractivity contribution in [2.75, 3.05) is 6.61 Å². The highest BCUT2D eigenvalue weighted by Crippen LogP contribution is 2.30. The number of rotatable bonds is 10. The molecule has 33 heavy (non-hydrogen) atoms.